The molecule has 3 rings (SSSR count). The first kappa shape index (κ1) is 18.9. The molecule has 0 aliphatic carbocycles. The molecule has 0 saturated heterocycles. The number of amides is 1. The Kier molecular flexibility index (Phi) is 6.33. The number of halogens is 3. The number of nitrogens with one attached hydrogen (secondary N) is 1. The van der Waals surface area contributed by atoms with Gasteiger partial charge in [-0.05, 0) is 35.4 Å². The predicted octanol–water partition coefficient (Wildman–Crippen LogP) is 6.35. The van der Waals surface area contributed by atoms with E-state index in [-0.39, 0.29) is 5.91 Å². The zero-order chi connectivity index (χ0) is 18.5. The van der Waals surface area contributed by atoms with Crippen LogP contribution in [0.25, 0.3) is 6.08 Å². The van der Waals surface area contributed by atoms with E-state index < -0.39 is 0 Å². The van der Waals surface area contributed by atoms with E-state index in [2.05, 4.69) is 10.3 Å². The number of nitrogens with zero attached hydrogens (tertiary/aromatic N) is 1. The van der Waals surface area contributed by atoms with Crippen LogP contribution in [0.5, 0.6) is 0 Å². The summed E-state index contributed by atoms with van der Waals surface area (Å²) in [6, 6.07) is 12.9. The first-order valence-corrected chi connectivity index (χ1v) is 9.58. The number of anilines is 1. The van der Waals surface area contributed by atoms with Gasteiger partial charge in [-0.15, -0.1) is 11.3 Å². The van der Waals surface area contributed by atoms with E-state index in [0.717, 1.165) is 16.9 Å². The summed E-state index contributed by atoms with van der Waals surface area (Å²) in [5.41, 5.74) is 1.81. The SMILES string of the molecule is O=C(/C=C\c1cccc(Cl)c1Cl)Nc1ncc(Cc2ccc(Cl)cc2)s1. The molecule has 0 radical (unpaired) electrons. The van der Waals surface area contributed by atoms with Crippen molar-refractivity contribution in [3.8, 4) is 0 Å². The zero-order valence-electron chi connectivity index (χ0n) is 13.4. The van der Waals surface area contributed by atoms with Crippen LogP contribution in [-0.4, -0.2) is 10.9 Å². The van der Waals surface area contributed by atoms with Crippen molar-refractivity contribution >= 4 is 63.3 Å². The van der Waals surface area contributed by atoms with E-state index >= 15 is 0 Å². The van der Waals surface area contributed by atoms with Gasteiger partial charge < -0.3 is 0 Å². The van der Waals surface area contributed by atoms with Crippen LogP contribution >= 0.6 is 46.1 Å². The van der Waals surface area contributed by atoms with Gasteiger partial charge in [0.1, 0.15) is 0 Å². The first-order valence-electron chi connectivity index (χ1n) is 7.63. The molecular formula is C19H13Cl3N2OS. The van der Waals surface area contributed by atoms with Crippen LogP contribution in [0.4, 0.5) is 5.13 Å². The van der Waals surface area contributed by atoms with Gasteiger partial charge in [-0.25, -0.2) is 4.98 Å². The van der Waals surface area contributed by atoms with Gasteiger partial charge in [-0.2, -0.15) is 0 Å². The van der Waals surface area contributed by atoms with Gasteiger partial charge in [0, 0.05) is 28.6 Å². The normalized spacial score (nSPS) is 11.0. The van der Waals surface area contributed by atoms with Gasteiger partial charge in [0.15, 0.2) is 5.13 Å². The quantitative estimate of drug-likeness (QED) is 0.486. The van der Waals surface area contributed by atoms with Crippen LogP contribution in [-0.2, 0) is 11.2 Å². The molecule has 1 aromatic heterocycles. The fourth-order valence-electron chi connectivity index (χ4n) is 2.21. The van der Waals surface area contributed by atoms with Crippen molar-refractivity contribution in [2.75, 3.05) is 5.32 Å². The van der Waals surface area contributed by atoms with Gasteiger partial charge in [-0.1, -0.05) is 59.1 Å². The Labute approximate surface area is 170 Å². The van der Waals surface area contributed by atoms with Crippen molar-refractivity contribution in [1.29, 1.82) is 0 Å². The molecule has 0 aliphatic rings. The smallest absolute Gasteiger partial charge is 0.250 e. The molecule has 2 aromatic carbocycles. The van der Waals surface area contributed by atoms with Crippen LogP contribution in [0.15, 0.2) is 54.7 Å². The second-order valence-corrected chi connectivity index (χ2v) is 7.74. The molecule has 0 unspecified atom stereocenters. The molecule has 0 fully saturated rings. The summed E-state index contributed by atoms with van der Waals surface area (Å²) >= 11 is 19.4. The lowest BCUT2D eigenvalue weighted by Gasteiger charge is -2.00. The number of carbonyl (C=O) groups is 1. The number of rotatable bonds is 5. The third kappa shape index (κ3) is 5.08. The van der Waals surface area contributed by atoms with Crippen LogP contribution < -0.4 is 5.32 Å². The molecule has 1 heterocycles. The minimum Gasteiger partial charge on any atom is -0.298 e. The van der Waals surface area contributed by atoms with Crippen molar-refractivity contribution in [1.82, 2.24) is 4.98 Å². The maximum Gasteiger partial charge on any atom is 0.250 e. The summed E-state index contributed by atoms with van der Waals surface area (Å²) in [6.07, 6.45) is 5.51. The van der Waals surface area contributed by atoms with E-state index in [1.54, 1.807) is 30.5 Å². The van der Waals surface area contributed by atoms with E-state index in [1.165, 1.54) is 17.4 Å². The molecule has 1 amide bonds. The Morgan fingerprint density at radius 2 is 1.88 bits per heavy atom. The standard InChI is InChI=1S/C19H13Cl3N2OS/c20-14-7-4-12(5-8-14)10-15-11-23-19(26-15)24-17(25)9-6-13-2-1-3-16(21)18(13)22/h1-9,11H,10H2,(H,23,24,25)/b9-6-. The minimum absolute atomic E-state index is 0.284. The lowest BCUT2D eigenvalue weighted by atomic mass is 10.1. The van der Waals surface area contributed by atoms with Crippen LogP contribution in [0.1, 0.15) is 16.0 Å². The molecule has 26 heavy (non-hydrogen) atoms. The summed E-state index contributed by atoms with van der Waals surface area (Å²) in [4.78, 5) is 17.3. The number of thiazole rings is 1. The molecule has 3 nitrogen and oxygen atoms in total. The maximum atomic E-state index is 12.1. The van der Waals surface area contributed by atoms with E-state index in [1.807, 2.05) is 24.3 Å². The highest BCUT2D eigenvalue weighted by Gasteiger charge is 2.06. The first-order chi connectivity index (χ1) is 12.5. The highest BCUT2D eigenvalue weighted by molar-refractivity contribution is 7.15. The molecule has 132 valence electrons. The van der Waals surface area contributed by atoms with Crippen molar-refractivity contribution in [3.05, 3.63) is 85.8 Å². The zero-order valence-corrected chi connectivity index (χ0v) is 16.5. The molecule has 1 N–H and O–H groups in total. The Morgan fingerprint density at radius 1 is 1.12 bits per heavy atom. The topological polar surface area (TPSA) is 42.0 Å². The second kappa shape index (κ2) is 8.69. The average Bonchev–Trinajstić information content (AvgIpc) is 3.05. The van der Waals surface area contributed by atoms with Crippen molar-refractivity contribution < 1.29 is 4.79 Å². The lowest BCUT2D eigenvalue weighted by Crippen LogP contribution is -2.07. The van der Waals surface area contributed by atoms with E-state index in [0.29, 0.717) is 25.8 Å². The Morgan fingerprint density at radius 3 is 2.65 bits per heavy atom. The van der Waals surface area contributed by atoms with Gasteiger partial charge >= 0.3 is 0 Å². The minimum atomic E-state index is -0.284. The van der Waals surface area contributed by atoms with Crippen molar-refractivity contribution in [3.63, 3.8) is 0 Å². The molecule has 0 atom stereocenters. The summed E-state index contributed by atoms with van der Waals surface area (Å²) < 4.78 is 0. The number of aromatic nitrogens is 1. The fourth-order valence-corrected chi connectivity index (χ4v) is 3.56. The monoisotopic (exact) mass is 422 g/mol. The van der Waals surface area contributed by atoms with Crippen molar-refractivity contribution in [2.24, 2.45) is 0 Å². The molecular weight excluding hydrogens is 411 g/mol. The number of hydrogen-bond donors (Lipinski definition) is 1. The molecule has 0 bridgehead atoms. The highest BCUT2D eigenvalue weighted by Crippen LogP contribution is 2.26. The maximum absolute atomic E-state index is 12.1. The summed E-state index contributed by atoms with van der Waals surface area (Å²) in [7, 11) is 0. The van der Waals surface area contributed by atoms with E-state index in [4.69, 9.17) is 34.8 Å². The van der Waals surface area contributed by atoms with Gasteiger partial charge in [0.05, 0.1) is 10.0 Å². The third-order valence-electron chi connectivity index (χ3n) is 3.47. The number of carbonyl (C=O) groups excluding carboxylic acids is 1. The van der Waals surface area contributed by atoms with E-state index in [9.17, 15) is 4.79 Å². The lowest BCUT2D eigenvalue weighted by molar-refractivity contribution is -0.111. The largest absolute Gasteiger partial charge is 0.298 e. The average molecular weight is 424 g/mol. The Bertz CT molecular complexity index is 952. The van der Waals surface area contributed by atoms with Gasteiger partial charge in [-0.3, -0.25) is 10.1 Å². The molecule has 3 aromatic rings. The summed E-state index contributed by atoms with van der Waals surface area (Å²) in [5, 5.41) is 4.85. The second-order valence-electron chi connectivity index (χ2n) is 5.40. The number of benzene rings is 2. The highest BCUT2D eigenvalue weighted by atomic mass is 35.5. The Balaban J connectivity index is 1.61. The van der Waals surface area contributed by atoms with Crippen LogP contribution in [0.2, 0.25) is 15.1 Å². The predicted molar refractivity (Wildman–Crippen MR) is 110 cm³/mol. The van der Waals surface area contributed by atoms with Crippen LogP contribution in [0, 0.1) is 0 Å². The molecule has 7 heteroatoms. The van der Waals surface area contributed by atoms with Crippen molar-refractivity contribution in [2.45, 2.75) is 6.42 Å². The third-order valence-corrected chi connectivity index (χ3v) is 5.47. The molecule has 0 aliphatic heterocycles. The fraction of sp³-hybridized carbons (Fsp3) is 0.0526. The van der Waals surface area contributed by atoms with Gasteiger partial charge in [0.25, 0.3) is 0 Å². The molecule has 0 saturated carbocycles. The Hall–Kier alpha value is -1.85. The molecule has 0 spiro atoms. The summed E-state index contributed by atoms with van der Waals surface area (Å²) in [5.74, 6) is -0.284. The number of hydrogen-bond acceptors (Lipinski definition) is 3. The van der Waals surface area contributed by atoms with Crippen LogP contribution in [0.3, 0.4) is 0 Å². The summed E-state index contributed by atoms with van der Waals surface area (Å²) in [6.45, 7) is 0. The van der Waals surface area contributed by atoms with Gasteiger partial charge in [0.2, 0.25) is 5.91 Å².